The standard InChI is InChI=1S/C31H31N3/c1-30(2)22-8-9-31(30,3)29-33-23-12-19-15-5-4-14(10-15)18(19)11-21(23)28-32-24-13-20-16-6-7-17(16)25(20)26(22)27(24)34(28)29/h11-17,22H,4-10H2,1-3H3/t14-,15+,16-,17?,22?,31+/m1/s1. The van der Waals surface area contributed by atoms with E-state index in [0.717, 1.165) is 23.7 Å². The largest absolute Gasteiger partial charge is 0.279 e. The van der Waals surface area contributed by atoms with Crippen LogP contribution < -0.4 is 0 Å². The first-order valence-corrected chi connectivity index (χ1v) is 13.8. The van der Waals surface area contributed by atoms with Gasteiger partial charge in [0, 0.05) is 10.8 Å². The number of benzene rings is 2. The van der Waals surface area contributed by atoms with Gasteiger partial charge in [0.2, 0.25) is 0 Å². The van der Waals surface area contributed by atoms with E-state index in [9.17, 15) is 0 Å². The van der Waals surface area contributed by atoms with E-state index in [-0.39, 0.29) is 10.8 Å². The van der Waals surface area contributed by atoms with Crippen LogP contribution in [-0.4, -0.2) is 14.4 Å². The molecule has 3 saturated carbocycles. The Hall–Kier alpha value is -2.42. The summed E-state index contributed by atoms with van der Waals surface area (Å²) in [5.41, 5.74) is 13.6. The van der Waals surface area contributed by atoms with E-state index in [1.165, 1.54) is 78.4 Å². The Labute approximate surface area is 200 Å². The van der Waals surface area contributed by atoms with E-state index in [1.807, 2.05) is 0 Å². The third kappa shape index (κ3) is 1.61. The molecule has 2 aromatic carbocycles. The maximum absolute atomic E-state index is 5.60. The summed E-state index contributed by atoms with van der Waals surface area (Å²) in [6.45, 7) is 7.62. The van der Waals surface area contributed by atoms with Crippen molar-refractivity contribution in [3.8, 4) is 0 Å². The highest BCUT2D eigenvalue weighted by Gasteiger charge is 2.59. The van der Waals surface area contributed by atoms with Crippen molar-refractivity contribution in [3.63, 3.8) is 0 Å². The summed E-state index contributed by atoms with van der Waals surface area (Å²) >= 11 is 0. The van der Waals surface area contributed by atoms with Crippen LogP contribution in [0.3, 0.4) is 0 Å². The lowest BCUT2D eigenvalue weighted by Gasteiger charge is -2.51. The van der Waals surface area contributed by atoms with Crippen molar-refractivity contribution in [2.24, 2.45) is 5.41 Å². The molecule has 0 N–H and O–H groups in total. The summed E-state index contributed by atoms with van der Waals surface area (Å²) < 4.78 is 2.57. The van der Waals surface area contributed by atoms with Gasteiger partial charge in [0.25, 0.3) is 0 Å². The van der Waals surface area contributed by atoms with E-state index in [2.05, 4.69) is 43.4 Å². The van der Waals surface area contributed by atoms with Gasteiger partial charge in [-0.2, -0.15) is 0 Å². The van der Waals surface area contributed by atoms with Crippen molar-refractivity contribution in [2.45, 2.75) is 101 Å². The summed E-state index contributed by atoms with van der Waals surface area (Å²) in [7, 11) is 0. The van der Waals surface area contributed by atoms with Gasteiger partial charge in [0.15, 0.2) is 0 Å². The summed E-state index contributed by atoms with van der Waals surface area (Å²) in [4.78, 5) is 11.0. The van der Waals surface area contributed by atoms with Crippen molar-refractivity contribution >= 4 is 27.6 Å². The zero-order valence-corrected chi connectivity index (χ0v) is 20.4. The molecule has 3 heterocycles. The van der Waals surface area contributed by atoms with E-state index >= 15 is 0 Å². The normalized spacial score (nSPS) is 37.1. The average Bonchev–Trinajstić information content (AvgIpc) is 3.53. The third-order valence-electron chi connectivity index (χ3n) is 12.4. The number of fused-ring (bicyclic) bond motifs is 16. The molecule has 6 atom stereocenters. The lowest BCUT2D eigenvalue weighted by molar-refractivity contribution is 0.190. The van der Waals surface area contributed by atoms with Crippen LogP contribution in [0.1, 0.15) is 129 Å². The summed E-state index contributed by atoms with van der Waals surface area (Å²) in [6, 6.07) is 7.48. The molecule has 10 rings (SSSR count). The lowest BCUT2D eigenvalue weighted by atomic mass is 9.53. The monoisotopic (exact) mass is 445 g/mol. The molecule has 2 aromatic heterocycles. The molecule has 170 valence electrons. The Balaban J connectivity index is 1.43. The zero-order valence-electron chi connectivity index (χ0n) is 20.4. The minimum Gasteiger partial charge on any atom is -0.279 e. The molecular formula is C31H31N3. The van der Waals surface area contributed by atoms with Crippen molar-refractivity contribution in [1.82, 2.24) is 14.4 Å². The average molecular weight is 446 g/mol. The van der Waals surface area contributed by atoms with Crippen molar-refractivity contribution in [3.05, 3.63) is 51.8 Å². The van der Waals surface area contributed by atoms with E-state index < -0.39 is 0 Å². The molecule has 0 radical (unpaired) electrons. The fourth-order valence-corrected chi connectivity index (χ4v) is 9.97. The van der Waals surface area contributed by atoms with Gasteiger partial charge in [-0.05, 0) is 126 Å². The summed E-state index contributed by atoms with van der Waals surface area (Å²) in [5.74, 6) is 5.06. The molecule has 3 nitrogen and oxygen atoms in total. The van der Waals surface area contributed by atoms with E-state index in [4.69, 9.17) is 9.97 Å². The van der Waals surface area contributed by atoms with Gasteiger partial charge in [-0.1, -0.05) is 20.8 Å². The van der Waals surface area contributed by atoms with Gasteiger partial charge in [-0.15, -0.1) is 0 Å². The fraction of sp³-hybridized carbons (Fsp3) is 0.548. The highest BCUT2D eigenvalue weighted by molar-refractivity contribution is 6.00. The molecule has 4 aromatic rings. The van der Waals surface area contributed by atoms with Gasteiger partial charge in [0.1, 0.15) is 11.5 Å². The van der Waals surface area contributed by atoms with E-state index in [1.54, 1.807) is 27.8 Å². The lowest BCUT2D eigenvalue weighted by Crippen LogP contribution is -2.39. The van der Waals surface area contributed by atoms with Crippen LogP contribution in [0.2, 0.25) is 0 Å². The quantitative estimate of drug-likeness (QED) is 0.280. The first-order chi connectivity index (χ1) is 16.5. The van der Waals surface area contributed by atoms with Crippen LogP contribution in [0.15, 0.2) is 18.2 Å². The topological polar surface area (TPSA) is 30.2 Å². The molecule has 3 heteroatoms. The van der Waals surface area contributed by atoms with Gasteiger partial charge in [-0.25, -0.2) is 9.97 Å². The van der Waals surface area contributed by atoms with Crippen molar-refractivity contribution < 1.29 is 0 Å². The van der Waals surface area contributed by atoms with Gasteiger partial charge >= 0.3 is 0 Å². The first-order valence-electron chi connectivity index (χ1n) is 13.8. The van der Waals surface area contributed by atoms with Crippen LogP contribution in [-0.2, 0) is 5.41 Å². The predicted molar refractivity (Wildman–Crippen MR) is 135 cm³/mol. The Bertz CT molecular complexity index is 1670. The molecule has 2 unspecified atom stereocenters. The fourth-order valence-electron chi connectivity index (χ4n) is 9.97. The molecule has 0 saturated heterocycles. The highest BCUT2D eigenvalue weighted by Crippen LogP contribution is 2.69. The van der Waals surface area contributed by atoms with Gasteiger partial charge in [-0.3, -0.25) is 4.40 Å². The second kappa shape index (κ2) is 5.08. The molecule has 0 amide bonds. The first kappa shape index (κ1) is 17.9. The number of aromatic nitrogens is 3. The van der Waals surface area contributed by atoms with Crippen LogP contribution >= 0.6 is 0 Å². The second-order valence-corrected chi connectivity index (χ2v) is 13.5. The summed E-state index contributed by atoms with van der Waals surface area (Å²) in [6.07, 6.45) is 9.38. The number of rotatable bonds is 0. The maximum atomic E-state index is 5.60. The van der Waals surface area contributed by atoms with Gasteiger partial charge < -0.3 is 0 Å². The van der Waals surface area contributed by atoms with Crippen LogP contribution in [0.5, 0.6) is 0 Å². The van der Waals surface area contributed by atoms with E-state index in [0.29, 0.717) is 5.92 Å². The Morgan fingerprint density at radius 1 is 0.794 bits per heavy atom. The van der Waals surface area contributed by atoms with Gasteiger partial charge in [0.05, 0.1) is 16.6 Å². The van der Waals surface area contributed by atoms with Crippen molar-refractivity contribution in [1.29, 1.82) is 0 Å². The molecule has 34 heavy (non-hydrogen) atoms. The molecule has 5 aliphatic carbocycles. The number of nitrogens with zero attached hydrogens (tertiary/aromatic N) is 3. The molecule has 6 aliphatic rings. The highest BCUT2D eigenvalue weighted by atomic mass is 15.1. The third-order valence-corrected chi connectivity index (χ3v) is 12.4. The number of imidazole rings is 1. The number of hydrogen-bond donors (Lipinski definition) is 0. The Morgan fingerprint density at radius 2 is 1.56 bits per heavy atom. The van der Waals surface area contributed by atoms with Crippen molar-refractivity contribution in [2.75, 3.05) is 0 Å². The zero-order chi connectivity index (χ0) is 22.3. The Morgan fingerprint density at radius 3 is 2.35 bits per heavy atom. The Kier molecular flexibility index (Phi) is 2.68. The minimum absolute atomic E-state index is 0.0599. The van der Waals surface area contributed by atoms with Crippen LogP contribution in [0.25, 0.3) is 27.6 Å². The van der Waals surface area contributed by atoms with Crippen LogP contribution in [0.4, 0.5) is 0 Å². The molecule has 3 fully saturated rings. The molecule has 1 aliphatic heterocycles. The molecule has 0 spiro atoms. The SMILES string of the molecule is CC1(C)C2CC[C@@]1(C)c1nc3cc4c(cc3c3nc5cc6c(c2c5n13)C1CC[C@@H]61)[C@@H]1CC[C@H]4C1. The summed E-state index contributed by atoms with van der Waals surface area (Å²) in [5, 5.41) is 1.29. The molecular weight excluding hydrogens is 414 g/mol. The predicted octanol–water partition coefficient (Wildman–Crippen LogP) is 7.55. The maximum Gasteiger partial charge on any atom is 0.148 e. The minimum atomic E-state index is 0.0599. The smallest absolute Gasteiger partial charge is 0.148 e. The second-order valence-electron chi connectivity index (χ2n) is 13.5. The molecule has 4 bridgehead atoms. The van der Waals surface area contributed by atoms with Crippen LogP contribution in [0, 0.1) is 5.41 Å². The number of hydrogen-bond acceptors (Lipinski definition) is 2.